The largest absolute Gasteiger partial charge is 0.247 e. The third-order valence-corrected chi connectivity index (χ3v) is 7.44. The van der Waals surface area contributed by atoms with E-state index in [-0.39, 0.29) is 0 Å². The molecule has 1 heterocycles. The van der Waals surface area contributed by atoms with Gasteiger partial charge in [-0.3, -0.25) is 0 Å². The molecule has 0 aliphatic heterocycles. The first-order chi connectivity index (χ1) is 16.3. The van der Waals surface area contributed by atoms with E-state index in [2.05, 4.69) is 91.0 Å². The average molecular weight is 428 g/mol. The standard InChI is InChI=1S/C30H23N.C2H6/c1-2-6-19(7-3-1)22-14-15-27-26(18-22)28-23-11-12-24(17-23)29(28)30(31-27)25-13-10-20-8-4-5-9-21(20)16-25;1-2/h1-10,13-16,18,23-24H,11-12,17H2;1-2H3. The molecule has 2 aliphatic rings. The molecular weight excluding hydrogens is 398 g/mol. The Morgan fingerprint density at radius 3 is 2.12 bits per heavy atom. The van der Waals surface area contributed by atoms with Gasteiger partial charge in [-0.25, -0.2) is 4.98 Å². The zero-order valence-electron chi connectivity index (χ0n) is 19.4. The molecule has 0 radical (unpaired) electrons. The van der Waals surface area contributed by atoms with Crippen LogP contribution in [0.5, 0.6) is 0 Å². The van der Waals surface area contributed by atoms with Crippen LogP contribution in [0.4, 0.5) is 0 Å². The Morgan fingerprint density at radius 2 is 1.30 bits per heavy atom. The molecular formula is C32H29N. The molecule has 33 heavy (non-hydrogen) atoms. The lowest BCUT2D eigenvalue weighted by Gasteiger charge is -2.21. The molecule has 7 rings (SSSR count). The number of nitrogens with zero attached hydrogens (tertiary/aromatic N) is 1. The van der Waals surface area contributed by atoms with Gasteiger partial charge >= 0.3 is 0 Å². The zero-order chi connectivity index (χ0) is 22.4. The summed E-state index contributed by atoms with van der Waals surface area (Å²) >= 11 is 0. The SMILES string of the molecule is CC.c1ccc(-c2ccc3nc(-c4ccc5ccccc5c4)c4c(c3c2)C2CCC4C2)cc1. The molecule has 1 saturated carbocycles. The van der Waals surface area contributed by atoms with Crippen LogP contribution in [0.2, 0.25) is 0 Å². The lowest BCUT2D eigenvalue weighted by molar-refractivity contribution is 0.720. The average Bonchev–Trinajstić information content (AvgIpc) is 3.52. The highest BCUT2D eigenvalue weighted by Gasteiger charge is 2.40. The molecule has 0 N–H and O–H groups in total. The molecule has 0 saturated heterocycles. The van der Waals surface area contributed by atoms with Crippen LogP contribution < -0.4 is 0 Å². The first-order valence-electron chi connectivity index (χ1n) is 12.4. The van der Waals surface area contributed by atoms with Crippen molar-refractivity contribution in [1.29, 1.82) is 0 Å². The van der Waals surface area contributed by atoms with Crippen molar-refractivity contribution in [1.82, 2.24) is 4.98 Å². The number of pyridine rings is 1. The lowest BCUT2D eigenvalue weighted by Crippen LogP contribution is -2.04. The minimum atomic E-state index is 0.666. The van der Waals surface area contributed by atoms with Crippen molar-refractivity contribution < 1.29 is 0 Å². The van der Waals surface area contributed by atoms with Crippen molar-refractivity contribution >= 4 is 21.7 Å². The lowest BCUT2D eigenvalue weighted by atomic mass is 9.85. The van der Waals surface area contributed by atoms with Crippen LogP contribution in [0.25, 0.3) is 44.1 Å². The summed E-state index contributed by atoms with van der Waals surface area (Å²) in [6.45, 7) is 4.00. The van der Waals surface area contributed by atoms with Gasteiger partial charge in [0, 0.05) is 10.9 Å². The maximum Gasteiger partial charge on any atom is 0.0747 e. The molecule has 4 aromatic carbocycles. The van der Waals surface area contributed by atoms with Crippen molar-refractivity contribution in [2.45, 2.75) is 44.9 Å². The fourth-order valence-corrected chi connectivity index (χ4v) is 6.03. The molecule has 2 aliphatic carbocycles. The smallest absolute Gasteiger partial charge is 0.0747 e. The molecule has 1 heteroatoms. The summed E-state index contributed by atoms with van der Waals surface area (Å²) in [5.74, 6) is 1.36. The van der Waals surface area contributed by atoms with Crippen LogP contribution in [0.3, 0.4) is 0 Å². The normalized spacial score (nSPS) is 18.2. The number of hydrogen-bond acceptors (Lipinski definition) is 1. The van der Waals surface area contributed by atoms with Gasteiger partial charge in [0.2, 0.25) is 0 Å². The van der Waals surface area contributed by atoms with Gasteiger partial charge in [-0.2, -0.15) is 0 Å². The van der Waals surface area contributed by atoms with Crippen LogP contribution in [-0.2, 0) is 0 Å². The molecule has 2 bridgehead atoms. The van der Waals surface area contributed by atoms with Crippen LogP contribution in [-0.4, -0.2) is 4.98 Å². The Hall–Kier alpha value is -3.45. The second kappa shape index (κ2) is 8.15. The molecule has 2 unspecified atom stereocenters. The Balaban J connectivity index is 0.00000101. The number of rotatable bonds is 2. The number of hydrogen-bond donors (Lipinski definition) is 0. The second-order valence-corrected chi connectivity index (χ2v) is 9.15. The molecule has 0 amide bonds. The highest BCUT2D eigenvalue weighted by Crippen LogP contribution is 2.57. The van der Waals surface area contributed by atoms with E-state index in [1.54, 1.807) is 5.56 Å². The summed E-state index contributed by atoms with van der Waals surface area (Å²) < 4.78 is 0. The van der Waals surface area contributed by atoms with E-state index in [0.717, 1.165) is 5.52 Å². The fraction of sp³-hybridized carbons (Fsp3) is 0.219. The first-order valence-corrected chi connectivity index (χ1v) is 12.4. The first kappa shape index (κ1) is 20.2. The summed E-state index contributed by atoms with van der Waals surface area (Å²) in [7, 11) is 0. The van der Waals surface area contributed by atoms with Crippen molar-refractivity contribution in [2.75, 3.05) is 0 Å². The quantitative estimate of drug-likeness (QED) is 0.274. The topological polar surface area (TPSA) is 12.9 Å². The van der Waals surface area contributed by atoms with Crippen molar-refractivity contribution in [3.8, 4) is 22.4 Å². The second-order valence-electron chi connectivity index (χ2n) is 9.15. The molecule has 2 atom stereocenters. The Morgan fingerprint density at radius 1 is 0.606 bits per heavy atom. The molecule has 1 fully saturated rings. The van der Waals surface area contributed by atoms with E-state index >= 15 is 0 Å². The van der Waals surface area contributed by atoms with E-state index in [1.807, 2.05) is 13.8 Å². The Bertz CT molecular complexity index is 1460. The van der Waals surface area contributed by atoms with Gasteiger partial charge in [0.05, 0.1) is 11.2 Å². The Kier molecular flexibility index (Phi) is 4.99. The van der Waals surface area contributed by atoms with E-state index in [9.17, 15) is 0 Å². The van der Waals surface area contributed by atoms with Gasteiger partial charge in [0.1, 0.15) is 0 Å². The number of fused-ring (bicyclic) bond motifs is 8. The molecule has 5 aromatic rings. The third-order valence-electron chi connectivity index (χ3n) is 7.44. The van der Waals surface area contributed by atoms with Crippen LogP contribution in [0, 0.1) is 0 Å². The van der Waals surface area contributed by atoms with E-state index in [4.69, 9.17) is 4.98 Å². The zero-order valence-corrected chi connectivity index (χ0v) is 19.4. The fourth-order valence-electron chi connectivity index (χ4n) is 6.03. The number of benzene rings is 4. The maximum atomic E-state index is 5.28. The number of aromatic nitrogens is 1. The van der Waals surface area contributed by atoms with Gasteiger partial charge in [0.25, 0.3) is 0 Å². The van der Waals surface area contributed by atoms with Gasteiger partial charge < -0.3 is 0 Å². The predicted octanol–water partition coefficient (Wildman–Crippen LogP) is 9.11. The maximum absolute atomic E-state index is 5.28. The van der Waals surface area contributed by atoms with Crippen LogP contribution in [0.1, 0.15) is 56.1 Å². The monoisotopic (exact) mass is 427 g/mol. The molecule has 0 spiro atoms. The third kappa shape index (κ3) is 3.26. The van der Waals surface area contributed by atoms with Gasteiger partial charge in [0.15, 0.2) is 0 Å². The van der Waals surface area contributed by atoms with E-state index < -0.39 is 0 Å². The highest BCUT2D eigenvalue weighted by atomic mass is 14.7. The summed E-state index contributed by atoms with van der Waals surface area (Å²) in [6.07, 6.45) is 3.93. The van der Waals surface area contributed by atoms with Crippen LogP contribution in [0.15, 0.2) is 91.0 Å². The summed E-state index contributed by atoms with van der Waals surface area (Å²) in [4.78, 5) is 5.28. The summed E-state index contributed by atoms with van der Waals surface area (Å²) in [5.41, 5.74) is 9.29. The van der Waals surface area contributed by atoms with Crippen molar-refractivity contribution in [2.24, 2.45) is 0 Å². The predicted molar refractivity (Wildman–Crippen MR) is 141 cm³/mol. The molecule has 162 valence electrons. The van der Waals surface area contributed by atoms with Gasteiger partial charge in [-0.15, -0.1) is 0 Å². The van der Waals surface area contributed by atoms with Crippen LogP contribution >= 0.6 is 0 Å². The van der Waals surface area contributed by atoms with Crippen molar-refractivity contribution in [3.05, 3.63) is 102 Å². The van der Waals surface area contributed by atoms with Gasteiger partial charge in [-0.1, -0.05) is 86.6 Å². The Labute approximate surface area is 196 Å². The molecule has 1 aromatic heterocycles. The summed E-state index contributed by atoms with van der Waals surface area (Å²) in [6, 6.07) is 33.0. The molecule has 1 nitrogen and oxygen atoms in total. The van der Waals surface area contributed by atoms with Crippen molar-refractivity contribution in [3.63, 3.8) is 0 Å². The van der Waals surface area contributed by atoms with E-state index in [0.29, 0.717) is 11.8 Å². The highest BCUT2D eigenvalue weighted by molar-refractivity contribution is 5.94. The van der Waals surface area contributed by atoms with Gasteiger partial charge in [-0.05, 0) is 82.3 Å². The van der Waals surface area contributed by atoms with E-state index in [1.165, 1.54) is 63.4 Å². The minimum absolute atomic E-state index is 0.666. The summed E-state index contributed by atoms with van der Waals surface area (Å²) in [5, 5.41) is 3.95. The minimum Gasteiger partial charge on any atom is -0.247 e.